The Morgan fingerprint density at radius 3 is 2.95 bits per heavy atom. The number of thiocarbonyl (C=S) groups is 1. The van der Waals surface area contributed by atoms with Gasteiger partial charge in [0.2, 0.25) is 5.88 Å². The van der Waals surface area contributed by atoms with Gasteiger partial charge in [-0.3, -0.25) is 9.36 Å². The number of hydrogen-bond acceptors (Lipinski definition) is 6. The van der Waals surface area contributed by atoms with Crippen molar-refractivity contribution in [3.8, 4) is 11.7 Å². The fraction of sp³-hybridized carbons (Fsp3) is 0.250. The smallest absolute Gasteiger partial charge is 0.309 e. The summed E-state index contributed by atoms with van der Waals surface area (Å²) in [7, 11) is 0. The Morgan fingerprint density at radius 2 is 2.24 bits per heavy atom. The van der Waals surface area contributed by atoms with Crippen molar-refractivity contribution in [1.82, 2.24) is 24.8 Å². The minimum Gasteiger partial charge on any atom is -0.406 e. The number of carbonyl (C=O) groups is 1. The van der Waals surface area contributed by atoms with Gasteiger partial charge < -0.3 is 15.4 Å². The van der Waals surface area contributed by atoms with Crippen LogP contribution in [0.4, 0.5) is 5.82 Å². The molecule has 0 atom stereocenters. The first kappa shape index (κ1) is 14.9. The molecule has 2 aromatic rings. The highest BCUT2D eigenvalue weighted by Crippen LogP contribution is 2.13. The Kier molecular flexibility index (Phi) is 4.77. The zero-order valence-electron chi connectivity index (χ0n) is 11.5. The first-order chi connectivity index (χ1) is 10.1. The molecule has 0 saturated carbocycles. The molecule has 2 aromatic heterocycles. The number of rotatable bonds is 4. The van der Waals surface area contributed by atoms with E-state index in [1.54, 1.807) is 16.8 Å². The third-order valence-electron chi connectivity index (χ3n) is 2.30. The molecule has 0 radical (unpaired) electrons. The summed E-state index contributed by atoms with van der Waals surface area (Å²) in [6.07, 6.45) is 4.45. The van der Waals surface area contributed by atoms with Gasteiger partial charge in [0.1, 0.15) is 24.3 Å². The normalized spacial score (nSPS) is 10.0. The molecule has 0 saturated heterocycles. The monoisotopic (exact) mass is 306 g/mol. The molecule has 0 bridgehead atoms. The van der Waals surface area contributed by atoms with E-state index in [1.165, 1.54) is 19.6 Å². The predicted octanol–water partition coefficient (Wildman–Crippen LogP) is 0.894. The van der Waals surface area contributed by atoms with E-state index >= 15 is 0 Å². The molecule has 0 aliphatic carbocycles. The molecule has 8 nitrogen and oxygen atoms in total. The second-order valence-corrected chi connectivity index (χ2v) is 4.37. The highest BCUT2D eigenvalue weighted by Gasteiger charge is 2.06. The first-order valence-electron chi connectivity index (χ1n) is 6.18. The topological polar surface area (TPSA) is 94.0 Å². The van der Waals surface area contributed by atoms with Crippen LogP contribution in [0.1, 0.15) is 13.8 Å². The summed E-state index contributed by atoms with van der Waals surface area (Å²) < 4.78 is 6.49. The molecular weight excluding hydrogens is 292 g/mol. The Morgan fingerprint density at radius 1 is 1.43 bits per heavy atom. The molecule has 0 aliphatic rings. The lowest BCUT2D eigenvalue weighted by Gasteiger charge is -2.08. The molecule has 110 valence electrons. The fourth-order valence-corrected chi connectivity index (χ4v) is 1.76. The summed E-state index contributed by atoms with van der Waals surface area (Å²) in [4.78, 5) is 23.0. The Balaban J connectivity index is 2.15. The van der Waals surface area contributed by atoms with E-state index in [1.807, 2.05) is 6.92 Å². The number of carbonyl (C=O) groups excluding carboxylic acids is 1. The summed E-state index contributed by atoms with van der Waals surface area (Å²) in [5, 5.41) is 6.38. The van der Waals surface area contributed by atoms with E-state index in [0.29, 0.717) is 16.7 Å². The van der Waals surface area contributed by atoms with Gasteiger partial charge in [-0.05, 0) is 19.1 Å². The number of hydrogen-bond donors (Lipinski definition) is 2. The Bertz CT molecular complexity index is 657. The van der Waals surface area contributed by atoms with Crippen LogP contribution in [0.2, 0.25) is 0 Å². The van der Waals surface area contributed by atoms with Crippen molar-refractivity contribution >= 4 is 29.1 Å². The van der Waals surface area contributed by atoms with Crippen LogP contribution in [-0.2, 0) is 4.79 Å². The number of nitrogens with zero attached hydrogens (tertiary/aromatic N) is 4. The first-order valence-corrected chi connectivity index (χ1v) is 6.59. The number of imidazole rings is 1. The van der Waals surface area contributed by atoms with Gasteiger partial charge >= 0.3 is 5.97 Å². The van der Waals surface area contributed by atoms with E-state index in [2.05, 4.69) is 25.6 Å². The maximum absolute atomic E-state index is 10.9. The molecule has 0 fully saturated rings. The van der Waals surface area contributed by atoms with Gasteiger partial charge in [-0.15, -0.1) is 0 Å². The zero-order valence-corrected chi connectivity index (χ0v) is 12.3. The third-order valence-corrected chi connectivity index (χ3v) is 2.55. The van der Waals surface area contributed by atoms with Crippen LogP contribution in [0, 0.1) is 0 Å². The van der Waals surface area contributed by atoms with Crippen LogP contribution < -0.4 is 15.4 Å². The van der Waals surface area contributed by atoms with E-state index < -0.39 is 5.97 Å². The molecule has 0 aromatic carbocycles. The SMILES string of the molecule is CCNC(=S)Nc1cc(-n2cnc(OC(C)=O)c2)ncn1. The molecule has 9 heteroatoms. The molecule has 0 spiro atoms. The van der Waals surface area contributed by atoms with Gasteiger partial charge in [-0.25, -0.2) is 15.0 Å². The highest BCUT2D eigenvalue weighted by molar-refractivity contribution is 7.80. The number of nitrogens with one attached hydrogen (secondary N) is 2. The van der Waals surface area contributed by atoms with Crippen molar-refractivity contribution in [1.29, 1.82) is 0 Å². The van der Waals surface area contributed by atoms with E-state index in [4.69, 9.17) is 17.0 Å². The lowest BCUT2D eigenvalue weighted by Crippen LogP contribution is -2.28. The van der Waals surface area contributed by atoms with Gasteiger partial charge in [0, 0.05) is 19.5 Å². The maximum atomic E-state index is 10.9. The second-order valence-electron chi connectivity index (χ2n) is 3.96. The summed E-state index contributed by atoms with van der Waals surface area (Å²) in [6.45, 7) is 3.98. The van der Waals surface area contributed by atoms with Gasteiger partial charge in [0.05, 0.1) is 6.20 Å². The van der Waals surface area contributed by atoms with Crippen LogP contribution in [0.3, 0.4) is 0 Å². The van der Waals surface area contributed by atoms with Crippen LogP contribution in [0.5, 0.6) is 5.88 Å². The fourth-order valence-electron chi connectivity index (χ4n) is 1.51. The van der Waals surface area contributed by atoms with Gasteiger partial charge in [0.25, 0.3) is 0 Å². The van der Waals surface area contributed by atoms with Crippen molar-refractivity contribution in [3.63, 3.8) is 0 Å². The molecule has 21 heavy (non-hydrogen) atoms. The van der Waals surface area contributed by atoms with Crippen LogP contribution in [-0.4, -0.2) is 37.1 Å². The molecule has 0 aliphatic heterocycles. The van der Waals surface area contributed by atoms with Gasteiger partial charge in [-0.2, -0.15) is 0 Å². The highest BCUT2D eigenvalue weighted by atomic mass is 32.1. The van der Waals surface area contributed by atoms with Gasteiger partial charge in [-0.1, -0.05) is 0 Å². The number of esters is 1. The summed E-state index contributed by atoms with van der Waals surface area (Å²) in [5.41, 5.74) is 0. The molecule has 2 N–H and O–H groups in total. The minimum absolute atomic E-state index is 0.207. The second kappa shape index (κ2) is 6.75. The molecule has 0 amide bonds. The molecular formula is C12H14N6O2S. The Labute approximate surface area is 126 Å². The minimum atomic E-state index is -0.429. The predicted molar refractivity (Wildman–Crippen MR) is 80.4 cm³/mol. The summed E-state index contributed by atoms with van der Waals surface area (Å²) in [5.74, 6) is 0.895. The number of aromatic nitrogens is 4. The van der Waals surface area contributed by atoms with E-state index in [9.17, 15) is 4.79 Å². The van der Waals surface area contributed by atoms with Crippen LogP contribution in [0.25, 0.3) is 5.82 Å². The van der Waals surface area contributed by atoms with E-state index in [-0.39, 0.29) is 5.88 Å². The summed E-state index contributed by atoms with van der Waals surface area (Å²) >= 11 is 5.09. The number of anilines is 1. The van der Waals surface area contributed by atoms with Crippen molar-refractivity contribution in [3.05, 3.63) is 24.9 Å². The summed E-state index contributed by atoms with van der Waals surface area (Å²) in [6, 6.07) is 1.70. The zero-order chi connectivity index (χ0) is 15.2. The lowest BCUT2D eigenvalue weighted by molar-refractivity contribution is -0.132. The van der Waals surface area contributed by atoms with Crippen LogP contribution in [0.15, 0.2) is 24.9 Å². The third kappa shape index (κ3) is 4.21. The Hall–Kier alpha value is -2.55. The van der Waals surface area contributed by atoms with Crippen molar-refractivity contribution in [2.24, 2.45) is 0 Å². The van der Waals surface area contributed by atoms with Gasteiger partial charge in [0.15, 0.2) is 5.11 Å². The van der Waals surface area contributed by atoms with E-state index in [0.717, 1.165) is 6.54 Å². The van der Waals surface area contributed by atoms with Crippen molar-refractivity contribution in [2.45, 2.75) is 13.8 Å². The molecule has 2 rings (SSSR count). The van der Waals surface area contributed by atoms with Crippen molar-refractivity contribution in [2.75, 3.05) is 11.9 Å². The lowest BCUT2D eigenvalue weighted by atomic mass is 10.5. The standard InChI is InChI=1S/C12H14N6O2S/c1-3-13-12(21)17-9-4-10(15-6-14-9)18-5-11(16-7-18)20-8(2)19/h4-7H,3H2,1-2H3,(H2,13,14,15,17,21). The van der Waals surface area contributed by atoms with Crippen molar-refractivity contribution < 1.29 is 9.53 Å². The van der Waals surface area contributed by atoms with Crippen LogP contribution >= 0.6 is 12.2 Å². The quantitative estimate of drug-likeness (QED) is 0.635. The number of ether oxygens (including phenoxy) is 1. The molecule has 2 heterocycles. The average molecular weight is 306 g/mol. The maximum Gasteiger partial charge on any atom is 0.309 e. The molecule has 0 unspecified atom stereocenters. The largest absolute Gasteiger partial charge is 0.406 e. The average Bonchev–Trinajstić information content (AvgIpc) is 2.87.